The lowest BCUT2D eigenvalue weighted by atomic mass is 10.1. The molecule has 0 spiro atoms. The molecule has 0 heterocycles. The van der Waals surface area contributed by atoms with Gasteiger partial charge in [-0.15, -0.1) is 0 Å². The molecule has 3 heteroatoms. The number of hydrogen-bond acceptors (Lipinski definition) is 3. The van der Waals surface area contributed by atoms with E-state index in [9.17, 15) is 9.90 Å². The van der Waals surface area contributed by atoms with Crippen LogP contribution in [-0.2, 0) is 4.79 Å². The molecule has 0 saturated heterocycles. The molecule has 0 radical (unpaired) electrons. The Hall–Kier alpha value is -2.29. The van der Waals surface area contributed by atoms with Crippen LogP contribution in [0.25, 0.3) is 16.8 Å². The molecule has 2 aromatic rings. The predicted octanol–water partition coefficient (Wildman–Crippen LogP) is 1.61. The van der Waals surface area contributed by atoms with Gasteiger partial charge in [-0.1, -0.05) is 24.3 Å². The van der Waals surface area contributed by atoms with Crippen LogP contribution in [-0.4, -0.2) is 13.1 Å². The molecule has 86 valence electrons. The quantitative estimate of drug-likeness (QED) is 0.748. The van der Waals surface area contributed by atoms with Crippen molar-refractivity contribution in [2.45, 2.75) is 0 Å². The second-order valence-corrected chi connectivity index (χ2v) is 3.62. The molecule has 0 fully saturated rings. The van der Waals surface area contributed by atoms with Crippen LogP contribution in [0, 0.1) is 0 Å². The van der Waals surface area contributed by atoms with E-state index in [0.29, 0.717) is 0 Å². The van der Waals surface area contributed by atoms with Crippen LogP contribution in [0.4, 0.5) is 0 Å². The normalized spacial score (nSPS) is 10.9. The fourth-order valence-electron chi connectivity index (χ4n) is 1.64. The summed E-state index contributed by atoms with van der Waals surface area (Å²) >= 11 is 0. The van der Waals surface area contributed by atoms with Crippen molar-refractivity contribution in [3.63, 3.8) is 0 Å². The van der Waals surface area contributed by atoms with E-state index in [1.807, 2.05) is 36.4 Å². The summed E-state index contributed by atoms with van der Waals surface area (Å²) in [4.78, 5) is 10.3. The molecule has 2 aromatic carbocycles. The summed E-state index contributed by atoms with van der Waals surface area (Å²) in [5, 5.41) is 12.4. The minimum atomic E-state index is -1.19. The summed E-state index contributed by atoms with van der Waals surface area (Å²) in [6.07, 6.45) is 2.53. The van der Waals surface area contributed by atoms with Crippen LogP contribution in [0.5, 0.6) is 5.75 Å². The zero-order valence-corrected chi connectivity index (χ0v) is 9.34. The first kappa shape index (κ1) is 11.2. The molecule has 0 aromatic heterocycles. The van der Waals surface area contributed by atoms with Crippen molar-refractivity contribution in [3.8, 4) is 5.75 Å². The highest BCUT2D eigenvalue weighted by Crippen LogP contribution is 2.22. The Morgan fingerprint density at radius 3 is 2.59 bits per heavy atom. The average Bonchev–Trinajstić information content (AvgIpc) is 2.35. The van der Waals surface area contributed by atoms with E-state index in [1.54, 1.807) is 7.11 Å². The van der Waals surface area contributed by atoms with Crippen LogP contribution in [0.3, 0.4) is 0 Å². The topological polar surface area (TPSA) is 49.4 Å². The van der Waals surface area contributed by atoms with Crippen molar-refractivity contribution in [2.75, 3.05) is 7.11 Å². The van der Waals surface area contributed by atoms with E-state index in [1.165, 1.54) is 6.08 Å². The van der Waals surface area contributed by atoms with Crippen LogP contribution in [0.1, 0.15) is 5.56 Å². The van der Waals surface area contributed by atoms with Crippen molar-refractivity contribution in [1.82, 2.24) is 0 Å². The Labute approximate surface area is 99.0 Å². The number of rotatable bonds is 3. The monoisotopic (exact) mass is 227 g/mol. The number of carboxylic acid groups (broad SMARTS) is 1. The van der Waals surface area contributed by atoms with Crippen LogP contribution in [0.15, 0.2) is 42.5 Å². The maximum atomic E-state index is 10.3. The highest BCUT2D eigenvalue weighted by molar-refractivity contribution is 5.88. The second kappa shape index (κ2) is 4.70. The third-order valence-corrected chi connectivity index (χ3v) is 2.48. The molecule has 0 atom stereocenters. The van der Waals surface area contributed by atoms with Gasteiger partial charge in [0.1, 0.15) is 5.75 Å². The van der Waals surface area contributed by atoms with Crippen LogP contribution >= 0.6 is 0 Å². The van der Waals surface area contributed by atoms with E-state index in [0.717, 1.165) is 28.2 Å². The molecule has 0 unspecified atom stereocenters. The molecule has 0 bridgehead atoms. The molecule has 0 aliphatic rings. The first-order chi connectivity index (χ1) is 8.19. The lowest BCUT2D eigenvalue weighted by molar-refractivity contribution is -0.297. The lowest BCUT2D eigenvalue weighted by Gasteiger charge is -2.03. The van der Waals surface area contributed by atoms with Crippen LogP contribution < -0.4 is 9.84 Å². The van der Waals surface area contributed by atoms with Gasteiger partial charge < -0.3 is 14.6 Å². The summed E-state index contributed by atoms with van der Waals surface area (Å²) in [5.74, 6) is -0.393. The van der Waals surface area contributed by atoms with Gasteiger partial charge in [-0.05, 0) is 40.6 Å². The molecule has 0 aliphatic carbocycles. The number of methoxy groups -OCH3 is 1. The molecule has 0 N–H and O–H groups in total. The number of aliphatic carboxylic acids is 1. The number of carbonyl (C=O) groups excluding carboxylic acids is 1. The summed E-state index contributed by atoms with van der Waals surface area (Å²) in [7, 11) is 1.62. The number of carbonyl (C=O) groups is 1. The van der Waals surface area contributed by atoms with Gasteiger partial charge in [-0.2, -0.15) is 0 Å². The lowest BCUT2D eigenvalue weighted by Crippen LogP contribution is -2.18. The highest BCUT2D eigenvalue weighted by Gasteiger charge is 1.96. The van der Waals surface area contributed by atoms with Gasteiger partial charge in [0.2, 0.25) is 0 Å². The molecule has 2 rings (SSSR count). The fraction of sp³-hybridized carbons (Fsp3) is 0.0714. The number of carboxylic acids is 1. The number of fused-ring (bicyclic) bond motifs is 1. The maximum Gasteiger partial charge on any atom is 0.119 e. The smallest absolute Gasteiger partial charge is 0.119 e. The first-order valence-electron chi connectivity index (χ1n) is 5.16. The third-order valence-electron chi connectivity index (χ3n) is 2.48. The minimum absolute atomic E-state index is 0.801. The van der Waals surface area contributed by atoms with Crippen molar-refractivity contribution in [3.05, 3.63) is 48.0 Å². The molecule has 17 heavy (non-hydrogen) atoms. The summed E-state index contributed by atoms with van der Waals surface area (Å²) in [6, 6.07) is 11.4. The van der Waals surface area contributed by atoms with Gasteiger partial charge in [0.05, 0.1) is 13.1 Å². The second-order valence-electron chi connectivity index (χ2n) is 3.62. The van der Waals surface area contributed by atoms with E-state index in [-0.39, 0.29) is 0 Å². The number of ether oxygens (including phenoxy) is 1. The van der Waals surface area contributed by atoms with Crippen LogP contribution in [0.2, 0.25) is 0 Å². The number of hydrogen-bond donors (Lipinski definition) is 0. The highest BCUT2D eigenvalue weighted by atomic mass is 16.5. The summed E-state index contributed by atoms with van der Waals surface area (Å²) in [5.41, 5.74) is 0.826. The van der Waals surface area contributed by atoms with Crippen molar-refractivity contribution < 1.29 is 14.6 Å². The Morgan fingerprint density at radius 2 is 1.88 bits per heavy atom. The minimum Gasteiger partial charge on any atom is -0.545 e. The first-order valence-corrected chi connectivity index (χ1v) is 5.16. The van der Waals surface area contributed by atoms with E-state index in [2.05, 4.69) is 0 Å². The van der Waals surface area contributed by atoms with E-state index < -0.39 is 5.97 Å². The Morgan fingerprint density at radius 1 is 1.18 bits per heavy atom. The summed E-state index contributed by atoms with van der Waals surface area (Å²) < 4.78 is 5.13. The van der Waals surface area contributed by atoms with Gasteiger partial charge >= 0.3 is 0 Å². The maximum absolute atomic E-state index is 10.3. The molecule has 0 amide bonds. The largest absolute Gasteiger partial charge is 0.545 e. The SMILES string of the molecule is COc1ccc2cc(/C=C/C(=O)[O-])ccc2c1. The van der Waals surface area contributed by atoms with E-state index >= 15 is 0 Å². The summed E-state index contributed by atoms with van der Waals surface area (Å²) in [6.45, 7) is 0. The van der Waals surface area contributed by atoms with Crippen molar-refractivity contribution >= 4 is 22.8 Å². The zero-order chi connectivity index (χ0) is 12.3. The van der Waals surface area contributed by atoms with Gasteiger partial charge in [0.25, 0.3) is 0 Å². The number of benzene rings is 2. The van der Waals surface area contributed by atoms with Crippen molar-refractivity contribution in [1.29, 1.82) is 0 Å². The van der Waals surface area contributed by atoms with Gasteiger partial charge in [0.15, 0.2) is 0 Å². The molecule has 0 aliphatic heterocycles. The van der Waals surface area contributed by atoms with Gasteiger partial charge in [-0.3, -0.25) is 0 Å². The van der Waals surface area contributed by atoms with Gasteiger partial charge in [0, 0.05) is 0 Å². The molecule has 3 nitrogen and oxygen atoms in total. The van der Waals surface area contributed by atoms with Gasteiger partial charge in [-0.25, -0.2) is 0 Å². The molecular formula is C14H11O3-. The fourth-order valence-corrected chi connectivity index (χ4v) is 1.64. The van der Waals surface area contributed by atoms with Crippen molar-refractivity contribution in [2.24, 2.45) is 0 Å². The average molecular weight is 227 g/mol. The molecular weight excluding hydrogens is 216 g/mol. The standard InChI is InChI=1S/C14H12O3/c1-17-13-6-5-11-8-10(3-7-14(15)16)2-4-12(11)9-13/h2-9H,1H3,(H,15,16)/p-1/b7-3+. The Bertz CT molecular complexity index is 585. The zero-order valence-electron chi connectivity index (χ0n) is 9.34. The Kier molecular flexibility index (Phi) is 3.10. The Balaban J connectivity index is 2.41. The predicted molar refractivity (Wildman–Crippen MR) is 64.5 cm³/mol. The molecule has 0 saturated carbocycles. The van der Waals surface area contributed by atoms with E-state index in [4.69, 9.17) is 4.74 Å². The third kappa shape index (κ3) is 2.64.